The van der Waals surface area contributed by atoms with Crippen molar-refractivity contribution in [1.29, 1.82) is 0 Å². The van der Waals surface area contributed by atoms with Gasteiger partial charge in [0.15, 0.2) is 11.0 Å². The van der Waals surface area contributed by atoms with E-state index >= 15 is 0 Å². The van der Waals surface area contributed by atoms with Crippen molar-refractivity contribution in [3.8, 4) is 0 Å². The molecule has 3 aromatic rings. The third-order valence-corrected chi connectivity index (χ3v) is 6.17. The highest BCUT2D eigenvalue weighted by Gasteiger charge is 2.13. The highest BCUT2D eigenvalue weighted by atomic mass is 35.5. The maximum absolute atomic E-state index is 12.2. The second-order valence-electron chi connectivity index (χ2n) is 6.24. The smallest absolute Gasteiger partial charge is 0.244 e. The van der Waals surface area contributed by atoms with Crippen LogP contribution in [0.3, 0.4) is 0 Å². The van der Waals surface area contributed by atoms with Gasteiger partial charge in [-0.2, -0.15) is 0 Å². The summed E-state index contributed by atoms with van der Waals surface area (Å²) in [7, 11) is 0. The number of benzene rings is 2. The van der Waals surface area contributed by atoms with E-state index in [1.807, 2.05) is 41.8 Å². The maximum Gasteiger partial charge on any atom is 0.244 e. The van der Waals surface area contributed by atoms with Crippen molar-refractivity contribution in [3.63, 3.8) is 0 Å². The summed E-state index contributed by atoms with van der Waals surface area (Å²) >= 11 is 19.8. The average Bonchev–Trinajstić information content (AvgIpc) is 3.12. The lowest BCUT2D eigenvalue weighted by Crippen LogP contribution is -2.22. The van der Waals surface area contributed by atoms with Gasteiger partial charge in [0.25, 0.3) is 0 Å². The molecule has 156 valence electrons. The van der Waals surface area contributed by atoms with E-state index in [0.29, 0.717) is 33.2 Å². The first-order valence-corrected chi connectivity index (χ1v) is 11.3. The number of amides is 1. The van der Waals surface area contributed by atoms with Crippen molar-refractivity contribution in [2.45, 2.75) is 30.9 Å². The van der Waals surface area contributed by atoms with Gasteiger partial charge in [0, 0.05) is 33.4 Å². The Kier molecular flexibility index (Phi) is 8.22. The predicted molar refractivity (Wildman–Crippen MR) is 124 cm³/mol. The van der Waals surface area contributed by atoms with E-state index in [1.165, 1.54) is 17.8 Å². The van der Waals surface area contributed by atoms with E-state index < -0.39 is 0 Å². The van der Waals surface area contributed by atoms with Crippen LogP contribution < -0.4 is 5.32 Å². The Labute approximate surface area is 194 Å². The molecule has 1 N–H and O–H groups in total. The van der Waals surface area contributed by atoms with Gasteiger partial charge in [0.1, 0.15) is 0 Å². The standard InChI is InChI=1S/C21H19Cl3N4OS/c1-2-28-19(12-25-20(29)10-8-14-5-3-4-6-17(14)23)26-27-21(28)30-13-15-7-9-16(22)11-18(15)24/h3-11H,2,12-13H2,1H3,(H,25,29)/b10-8+. The van der Waals surface area contributed by atoms with Crippen molar-refractivity contribution >= 4 is 58.5 Å². The Morgan fingerprint density at radius 3 is 2.67 bits per heavy atom. The zero-order valence-corrected chi connectivity index (χ0v) is 19.2. The van der Waals surface area contributed by atoms with Crippen LogP contribution in [-0.4, -0.2) is 20.7 Å². The number of hydrogen-bond donors (Lipinski definition) is 1. The summed E-state index contributed by atoms with van der Waals surface area (Å²) < 4.78 is 1.96. The second kappa shape index (κ2) is 10.9. The fourth-order valence-electron chi connectivity index (χ4n) is 2.66. The molecule has 0 spiro atoms. The molecule has 9 heteroatoms. The minimum atomic E-state index is -0.234. The van der Waals surface area contributed by atoms with Crippen LogP contribution in [0.15, 0.2) is 53.7 Å². The van der Waals surface area contributed by atoms with Crippen LogP contribution in [0.25, 0.3) is 6.08 Å². The van der Waals surface area contributed by atoms with E-state index in [1.54, 1.807) is 18.2 Å². The molecule has 1 aromatic heterocycles. The average molecular weight is 482 g/mol. The Hall–Kier alpha value is -1.99. The van der Waals surface area contributed by atoms with Gasteiger partial charge in [-0.1, -0.05) is 70.8 Å². The summed E-state index contributed by atoms with van der Waals surface area (Å²) in [5.74, 6) is 1.09. The van der Waals surface area contributed by atoms with Crippen molar-refractivity contribution in [2.24, 2.45) is 0 Å². The molecule has 0 aliphatic heterocycles. The number of carbonyl (C=O) groups is 1. The molecule has 0 unspecified atom stereocenters. The van der Waals surface area contributed by atoms with E-state index in [4.69, 9.17) is 34.8 Å². The number of carbonyl (C=O) groups excluding carboxylic acids is 1. The van der Waals surface area contributed by atoms with Crippen LogP contribution in [0.4, 0.5) is 0 Å². The predicted octanol–water partition coefficient (Wildman–Crippen LogP) is 5.88. The van der Waals surface area contributed by atoms with Gasteiger partial charge in [-0.3, -0.25) is 4.79 Å². The fraction of sp³-hybridized carbons (Fsp3) is 0.190. The van der Waals surface area contributed by atoms with Gasteiger partial charge in [-0.05, 0) is 42.3 Å². The van der Waals surface area contributed by atoms with Crippen LogP contribution in [0.2, 0.25) is 15.1 Å². The minimum Gasteiger partial charge on any atom is -0.345 e. The second-order valence-corrected chi connectivity index (χ2v) is 8.43. The summed E-state index contributed by atoms with van der Waals surface area (Å²) in [4.78, 5) is 12.2. The quantitative estimate of drug-likeness (QED) is 0.322. The van der Waals surface area contributed by atoms with Crippen molar-refractivity contribution in [1.82, 2.24) is 20.1 Å². The monoisotopic (exact) mass is 480 g/mol. The SMILES string of the molecule is CCn1c(CNC(=O)/C=C/c2ccccc2Cl)nnc1SCc1ccc(Cl)cc1Cl. The van der Waals surface area contributed by atoms with Crippen LogP contribution in [-0.2, 0) is 23.6 Å². The van der Waals surface area contributed by atoms with Crippen molar-refractivity contribution < 1.29 is 4.79 Å². The molecule has 1 heterocycles. The molecule has 0 saturated heterocycles. The first kappa shape index (κ1) is 22.7. The molecular formula is C21H19Cl3N4OS. The molecule has 0 fully saturated rings. The normalized spacial score (nSPS) is 11.2. The molecule has 30 heavy (non-hydrogen) atoms. The molecular weight excluding hydrogens is 463 g/mol. The van der Waals surface area contributed by atoms with Crippen molar-refractivity contribution in [2.75, 3.05) is 0 Å². The topological polar surface area (TPSA) is 59.8 Å². The third kappa shape index (κ3) is 6.01. The summed E-state index contributed by atoms with van der Waals surface area (Å²) in [6.07, 6.45) is 3.13. The zero-order chi connectivity index (χ0) is 21.5. The van der Waals surface area contributed by atoms with E-state index in [-0.39, 0.29) is 12.5 Å². The van der Waals surface area contributed by atoms with Gasteiger partial charge < -0.3 is 9.88 Å². The van der Waals surface area contributed by atoms with Gasteiger partial charge >= 0.3 is 0 Å². The van der Waals surface area contributed by atoms with E-state index in [9.17, 15) is 4.79 Å². The summed E-state index contributed by atoms with van der Waals surface area (Å²) in [5.41, 5.74) is 1.75. The Morgan fingerprint density at radius 2 is 1.93 bits per heavy atom. The number of halogens is 3. The Bertz CT molecular complexity index is 1070. The number of nitrogens with zero attached hydrogens (tertiary/aromatic N) is 3. The summed E-state index contributed by atoms with van der Waals surface area (Å²) in [5, 5.41) is 13.9. The highest BCUT2D eigenvalue weighted by Crippen LogP contribution is 2.28. The summed E-state index contributed by atoms with van der Waals surface area (Å²) in [6.45, 7) is 2.96. The maximum atomic E-state index is 12.2. The lowest BCUT2D eigenvalue weighted by atomic mass is 10.2. The number of hydrogen-bond acceptors (Lipinski definition) is 4. The number of aromatic nitrogens is 3. The number of thioether (sulfide) groups is 1. The van der Waals surface area contributed by atoms with Crippen LogP contribution in [0, 0.1) is 0 Å². The van der Waals surface area contributed by atoms with Crippen molar-refractivity contribution in [3.05, 3.63) is 80.6 Å². The Morgan fingerprint density at radius 1 is 1.13 bits per heavy atom. The molecule has 3 rings (SSSR count). The van der Waals surface area contributed by atoms with Gasteiger partial charge in [-0.15, -0.1) is 10.2 Å². The van der Waals surface area contributed by atoms with Gasteiger partial charge in [0.2, 0.25) is 5.91 Å². The lowest BCUT2D eigenvalue weighted by molar-refractivity contribution is -0.116. The lowest BCUT2D eigenvalue weighted by Gasteiger charge is -2.08. The fourth-order valence-corrected chi connectivity index (χ4v) is 4.43. The Balaban J connectivity index is 1.60. The molecule has 2 aromatic carbocycles. The van der Waals surface area contributed by atoms with Gasteiger partial charge in [0.05, 0.1) is 6.54 Å². The molecule has 0 aliphatic carbocycles. The summed E-state index contributed by atoms with van der Waals surface area (Å²) in [6, 6.07) is 12.8. The molecule has 0 aliphatic rings. The number of rotatable bonds is 8. The largest absolute Gasteiger partial charge is 0.345 e. The van der Waals surface area contributed by atoms with Crippen LogP contribution in [0.1, 0.15) is 23.9 Å². The minimum absolute atomic E-state index is 0.234. The van der Waals surface area contributed by atoms with Crippen LogP contribution >= 0.6 is 46.6 Å². The first-order chi connectivity index (χ1) is 14.5. The van der Waals surface area contributed by atoms with E-state index in [2.05, 4.69) is 15.5 Å². The molecule has 0 atom stereocenters. The number of nitrogens with one attached hydrogen (secondary N) is 1. The third-order valence-electron chi connectivity index (χ3n) is 4.22. The first-order valence-electron chi connectivity index (χ1n) is 9.17. The molecule has 5 nitrogen and oxygen atoms in total. The molecule has 0 saturated carbocycles. The zero-order valence-electron chi connectivity index (χ0n) is 16.1. The molecule has 1 amide bonds. The van der Waals surface area contributed by atoms with E-state index in [0.717, 1.165) is 16.3 Å². The highest BCUT2D eigenvalue weighted by molar-refractivity contribution is 7.98. The van der Waals surface area contributed by atoms with Gasteiger partial charge in [-0.25, -0.2) is 0 Å². The molecule has 0 bridgehead atoms. The van der Waals surface area contributed by atoms with Crippen LogP contribution in [0.5, 0.6) is 0 Å². The molecule has 0 radical (unpaired) electrons.